The van der Waals surface area contributed by atoms with Crippen LogP contribution < -0.4 is 0 Å². The molecule has 0 radical (unpaired) electrons. The van der Waals surface area contributed by atoms with Crippen LogP contribution in [0.5, 0.6) is 0 Å². The maximum Gasteiger partial charge on any atom is 0.155 e. The lowest BCUT2D eigenvalue weighted by atomic mass is 9.79. The van der Waals surface area contributed by atoms with Crippen LogP contribution in [0.25, 0.3) is 0 Å². The van der Waals surface area contributed by atoms with E-state index < -0.39 is 11.1 Å². The zero-order chi connectivity index (χ0) is 22.4. The van der Waals surface area contributed by atoms with Crippen LogP contribution in [0.3, 0.4) is 0 Å². The highest BCUT2D eigenvalue weighted by atomic mass is 16.1. The fraction of sp³-hybridized carbons (Fsp3) is 0.917. The van der Waals surface area contributed by atoms with Crippen molar-refractivity contribution < 1.29 is 9.59 Å². The van der Waals surface area contributed by atoms with Crippen molar-refractivity contribution >= 4 is 11.6 Å². The predicted octanol–water partition coefficient (Wildman–Crippen LogP) is 5.19. The van der Waals surface area contributed by atoms with Crippen molar-refractivity contribution in [1.29, 1.82) is 0 Å². The molecule has 0 heterocycles. The quantitative estimate of drug-likeness (QED) is 0.401. The van der Waals surface area contributed by atoms with E-state index in [0.717, 1.165) is 25.7 Å². The van der Waals surface area contributed by atoms with Crippen LogP contribution >= 0.6 is 0 Å². The van der Waals surface area contributed by atoms with Gasteiger partial charge in [0.25, 0.3) is 0 Å². The average molecular weight is 397 g/mol. The van der Waals surface area contributed by atoms with Gasteiger partial charge in [0.05, 0.1) is 11.1 Å². The van der Waals surface area contributed by atoms with Crippen LogP contribution in [0.2, 0.25) is 0 Å². The number of hydrogen-bond donors (Lipinski definition) is 0. The first-order valence-electron chi connectivity index (χ1n) is 11.2. The summed E-state index contributed by atoms with van der Waals surface area (Å²) in [5.74, 6) is 0.658. The van der Waals surface area contributed by atoms with Gasteiger partial charge in [0.1, 0.15) is 0 Å². The number of likely N-dealkylation sites (N-methyl/N-ethyl adjacent to an activating group) is 2. The molecule has 0 aliphatic heterocycles. The summed E-state index contributed by atoms with van der Waals surface area (Å²) in [5, 5.41) is 0. The zero-order valence-electron chi connectivity index (χ0n) is 20.8. The third-order valence-electron chi connectivity index (χ3n) is 6.79. The molecule has 0 fully saturated rings. The molecule has 0 N–H and O–H groups in total. The Morgan fingerprint density at radius 3 is 1.07 bits per heavy atom. The Bertz CT molecular complexity index is 467. The summed E-state index contributed by atoms with van der Waals surface area (Å²) < 4.78 is 0. The Balaban J connectivity index is 5.31. The number of rotatable bonds is 13. The fourth-order valence-corrected chi connectivity index (χ4v) is 4.27. The number of ketones is 2. The first kappa shape index (κ1) is 27.3. The van der Waals surface area contributed by atoms with Gasteiger partial charge in [0, 0.05) is 23.9 Å². The Hall–Kier alpha value is -0.740. The molecule has 2 unspecified atom stereocenters. The molecule has 28 heavy (non-hydrogen) atoms. The van der Waals surface area contributed by atoms with Crippen molar-refractivity contribution in [3.8, 4) is 0 Å². The molecule has 0 aromatic heterocycles. The molecule has 4 nitrogen and oxygen atoms in total. The van der Waals surface area contributed by atoms with E-state index in [1.165, 1.54) is 0 Å². The number of unbranched alkanes of at least 4 members (excludes halogenated alkanes) is 1. The molecule has 0 saturated carbocycles. The van der Waals surface area contributed by atoms with E-state index in [0.29, 0.717) is 23.7 Å². The molecule has 4 heteroatoms. The van der Waals surface area contributed by atoms with Gasteiger partial charge in [-0.15, -0.1) is 0 Å². The highest BCUT2D eigenvalue weighted by Gasteiger charge is 2.41. The van der Waals surface area contributed by atoms with Crippen LogP contribution in [0.1, 0.15) is 94.9 Å². The lowest BCUT2D eigenvalue weighted by molar-refractivity contribution is -0.135. The number of nitrogens with zero attached hydrogens (tertiary/aromatic N) is 2. The van der Waals surface area contributed by atoms with E-state index in [9.17, 15) is 9.59 Å². The van der Waals surface area contributed by atoms with Crippen molar-refractivity contribution in [2.45, 2.75) is 118 Å². The molecule has 0 saturated heterocycles. The number of carbonyl (C=O) groups excluding carboxylic acids is 2. The first-order chi connectivity index (χ1) is 12.6. The van der Waals surface area contributed by atoms with Crippen LogP contribution in [-0.2, 0) is 9.59 Å². The molecule has 0 rings (SSSR count). The summed E-state index contributed by atoms with van der Waals surface area (Å²) in [4.78, 5) is 30.4. The normalized spacial score (nSPS) is 17.1. The standard InChI is InChI=1S/C24H48N2O2/c1-17(2)21(27)23(9,25(11)19(5)6)15-13-14-16-24(10,22(28)18(3)4)26(12)20(7)8/h17-20H,13-16H2,1-12H3. The van der Waals surface area contributed by atoms with Crippen molar-refractivity contribution in [3.63, 3.8) is 0 Å². The molecular formula is C24H48N2O2. The largest absolute Gasteiger partial charge is 0.297 e. The summed E-state index contributed by atoms with van der Waals surface area (Å²) in [5.41, 5.74) is -0.907. The summed E-state index contributed by atoms with van der Waals surface area (Å²) in [7, 11) is 4.12. The Kier molecular flexibility index (Phi) is 10.6. The molecule has 166 valence electrons. The van der Waals surface area contributed by atoms with Gasteiger partial charge in [-0.3, -0.25) is 19.4 Å². The van der Waals surface area contributed by atoms with Gasteiger partial charge in [-0.05, 0) is 68.5 Å². The Labute approximate surface area is 175 Å². The smallest absolute Gasteiger partial charge is 0.155 e. The van der Waals surface area contributed by atoms with Gasteiger partial charge in [-0.2, -0.15) is 0 Å². The topological polar surface area (TPSA) is 40.6 Å². The SMILES string of the molecule is CC(C)C(=O)C(C)(CCCCC(C)(C(=O)C(C)C)N(C)C(C)C)N(C)C(C)C. The van der Waals surface area contributed by atoms with Crippen LogP contribution in [0.15, 0.2) is 0 Å². The lowest BCUT2D eigenvalue weighted by Crippen LogP contribution is -2.55. The zero-order valence-corrected chi connectivity index (χ0v) is 20.8. The molecule has 0 spiro atoms. The number of carbonyl (C=O) groups is 2. The van der Waals surface area contributed by atoms with Crippen LogP contribution in [-0.4, -0.2) is 58.6 Å². The molecule has 2 atom stereocenters. The van der Waals surface area contributed by atoms with E-state index >= 15 is 0 Å². The molecule has 0 bridgehead atoms. The van der Waals surface area contributed by atoms with Gasteiger partial charge in [0.15, 0.2) is 11.6 Å². The molecule has 0 aromatic rings. The monoisotopic (exact) mass is 396 g/mol. The van der Waals surface area contributed by atoms with E-state index in [-0.39, 0.29) is 11.8 Å². The van der Waals surface area contributed by atoms with Crippen LogP contribution in [0, 0.1) is 11.8 Å². The highest BCUT2D eigenvalue weighted by Crippen LogP contribution is 2.31. The number of hydrogen-bond acceptors (Lipinski definition) is 4. The van der Waals surface area contributed by atoms with Gasteiger partial charge in [-0.25, -0.2) is 0 Å². The fourth-order valence-electron chi connectivity index (χ4n) is 4.27. The molecule has 0 aliphatic rings. The minimum absolute atomic E-state index is 0.0195. The van der Waals surface area contributed by atoms with Gasteiger partial charge in [-0.1, -0.05) is 40.5 Å². The molecule has 0 aromatic carbocycles. The molecule has 0 aliphatic carbocycles. The first-order valence-corrected chi connectivity index (χ1v) is 11.2. The summed E-state index contributed by atoms with van der Waals surface area (Å²) in [6.45, 7) is 20.7. The van der Waals surface area contributed by atoms with Gasteiger partial charge in [0.2, 0.25) is 0 Å². The number of Topliss-reactive ketones (excluding diaryl/α,β-unsaturated/α-hetero) is 2. The van der Waals surface area contributed by atoms with Crippen LogP contribution in [0.4, 0.5) is 0 Å². The third kappa shape index (κ3) is 6.38. The van der Waals surface area contributed by atoms with Crippen molar-refractivity contribution in [2.75, 3.05) is 14.1 Å². The van der Waals surface area contributed by atoms with E-state index in [2.05, 4.69) is 65.4 Å². The lowest BCUT2D eigenvalue weighted by Gasteiger charge is -2.43. The van der Waals surface area contributed by atoms with Gasteiger partial charge >= 0.3 is 0 Å². The Morgan fingerprint density at radius 1 is 0.643 bits per heavy atom. The highest BCUT2D eigenvalue weighted by molar-refractivity contribution is 5.90. The van der Waals surface area contributed by atoms with E-state index in [1.807, 2.05) is 27.7 Å². The molecule has 0 amide bonds. The van der Waals surface area contributed by atoms with E-state index in [4.69, 9.17) is 0 Å². The van der Waals surface area contributed by atoms with E-state index in [1.54, 1.807) is 0 Å². The minimum Gasteiger partial charge on any atom is -0.297 e. The third-order valence-corrected chi connectivity index (χ3v) is 6.79. The van der Waals surface area contributed by atoms with Crippen molar-refractivity contribution in [3.05, 3.63) is 0 Å². The van der Waals surface area contributed by atoms with Gasteiger partial charge < -0.3 is 0 Å². The average Bonchev–Trinajstić information content (AvgIpc) is 2.61. The maximum atomic E-state index is 13.0. The second-order valence-electron chi connectivity index (χ2n) is 10.2. The summed E-state index contributed by atoms with van der Waals surface area (Å²) >= 11 is 0. The second-order valence-corrected chi connectivity index (χ2v) is 10.2. The van der Waals surface area contributed by atoms with Crippen molar-refractivity contribution in [1.82, 2.24) is 9.80 Å². The molecular weight excluding hydrogens is 348 g/mol. The maximum absolute atomic E-state index is 13.0. The minimum atomic E-state index is -0.454. The van der Waals surface area contributed by atoms with Crippen molar-refractivity contribution in [2.24, 2.45) is 11.8 Å². The summed E-state index contributed by atoms with van der Waals surface area (Å²) in [6, 6.07) is 0.625. The summed E-state index contributed by atoms with van der Waals surface area (Å²) in [6.07, 6.45) is 3.55. The predicted molar refractivity (Wildman–Crippen MR) is 121 cm³/mol. The second kappa shape index (κ2) is 10.9. The Morgan fingerprint density at radius 2 is 0.893 bits per heavy atom.